The van der Waals surface area contributed by atoms with Gasteiger partial charge < -0.3 is 5.32 Å². The van der Waals surface area contributed by atoms with E-state index in [1.807, 2.05) is 36.2 Å². The van der Waals surface area contributed by atoms with Gasteiger partial charge in [0.25, 0.3) is 0 Å². The smallest absolute Gasteiger partial charge is 0.234 e. The van der Waals surface area contributed by atoms with Crippen LogP contribution in [0.3, 0.4) is 0 Å². The van der Waals surface area contributed by atoms with Crippen molar-refractivity contribution in [2.24, 2.45) is 0 Å². The minimum atomic E-state index is 0.0826. The third-order valence-corrected chi connectivity index (χ3v) is 3.99. The predicted molar refractivity (Wildman–Crippen MR) is 86.4 cm³/mol. The van der Waals surface area contributed by atoms with E-state index in [0.29, 0.717) is 19.0 Å². The van der Waals surface area contributed by atoms with Crippen LogP contribution in [-0.4, -0.2) is 42.8 Å². The van der Waals surface area contributed by atoms with E-state index in [9.17, 15) is 9.59 Å². The van der Waals surface area contributed by atoms with Crippen molar-refractivity contribution < 1.29 is 9.59 Å². The van der Waals surface area contributed by atoms with Gasteiger partial charge in [-0.2, -0.15) is 0 Å². The summed E-state index contributed by atoms with van der Waals surface area (Å²) < 4.78 is 0.973. The molecule has 0 spiro atoms. The Bertz CT molecular complexity index is 498. The van der Waals surface area contributed by atoms with E-state index in [-0.39, 0.29) is 11.7 Å². The molecule has 0 radical (unpaired) electrons. The highest BCUT2D eigenvalue weighted by atomic mass is 79.9. The van der Waals surface area contributed by atoms with Crippen LogP contribution in [0, 0.1) is 0 Å². The number of hydrogen-bond donors (Lipinski definition) is 1. The van der Waals surface area contributed by atoms with Gasteiger partial charge in [-0.1, -0.05) is 28.1 Å². The Morgan fingerprint density at radius 2 is 1.95 bits per heavy atom. The SMILES string of the molecule is CN(CCCC(=O)c1ccc(Br)cc1)CC(=O)NC1CC1. The van der Waals surface area contributed by atoms with Crippen LogP contribution in [0.2, 0.25) is 0 Å². The Morgan fingerprint density at radius 3 is 2.57 bits per heavy atom. The van der Waals surface area contributed by atoms with Crippen molar-refractivity contribution in [3.8, 4) is 0 Å². The summed E-state index contributed by atoms with van der Waals surface area (Å²) in [6, 6.07) is 7.83. The second kappa shape index (κ2) is 7.71. The summed E-state index contributed by atoms with van der Waals surface area (Å²) in [5, 5.41) is 2.96. The Morgan fingerprint density at radius 1 is 1.29 bits per heavy atom. The highest BCUT2D eigenvalue weighted by molar-refractivity contribution is 9.10. The topological polar surface area (TPSA) is 49.4 Å². The molecule has 0 bridgehead atoms. The number of nitrogens with one attached hydrogen (secondary N) is 1. The van der Waals surface area contributed by atoms with Gasteiger partial charge in [0.1, 0.15) is 0 Å². The Kier molecular flexibility index (Phi) is 5.94. The first-order valence-electron chi connectivity index (χ1n) is 7.31. The number of amides is 1. The maximum atomic E-state index is 12.0. The number of carbonyl (C=O) groups excluding carboxylic acids is 2. The molecule has 114 valence electrons. The summed E-state index contributed by atoms with van der Waals surface area (Å²) in [5.41, 5.74) is 0.743. The number of nitrogens with zero attached hydrogens (tertiary/aromatic N) is 1. The van der Waals surface area contributed by atoms with Gasteiger partial charge in [-0.3, -0.25) is 14.5 Å². The molecule has 0 aromatic heterocycles. The van der Waals surface area contributed by atoms with E-state index in [2.05, 4.69) is 21.2 Å². The van der Waals surface area contributed by atoms with Crippen molar-refractivity contribution in [3.63, 3.8) is 0 Å². The van der Waals surface area contributed by atoms with E-state index in [1.54, 1.807) is 0 Å². The molecule has 1 fully saturated rings. The Balaban J connectivity index is 1.64. The number of ketones is 1. The van der Waals surface area contributed by atoms with Crippen LogP contribution < -0.4 is 5.32 Å². The first-order valence-corrected chi connectivity index (χ1v) is 8.10. The van der Waals surface area contributed by atoms with Gasteiger partial charge in [0.2, 0.25) is 5.91 Å². The largest absolute Gasteiger partial charge is 0.352 e. The number of hydrogen-bond acceptors (Lipinski definition) is 3. The molecule has 1 aliphatic carbocycles. The molecule has 1 aromatic rings. The summed E-state index contributed by atoms with van der Waals surface area (Å²) >= 11 is 3.35. The molecule has 1 aromatic carbocycles. The fourth-order valence-corrected chi connectivity index (χ4v) is 2.38. The van der Waals surface area contributed by atoms with Gasteiger partial charge in [-0.15, -0.1) is 0 Å². The van der Waals surface area contributed by atoms with Crippen LogP contribution in [-0.2, 0) is 4.79 Å². The van der Waals surface area contributed by atoms with E-state index < -0.39 is 0 Å². The van der Waals surface area contributed by atoms with Gasteiger partial charge in [-0.05, 0) is 45.0 Å². The van der Waals surface area contributed by atoms with Crippen molar-refractivity contribution in [1.29, 1.82) is 0 Å². The summed E-state index contributed by atoms with van der Waals surface area (Å²) in [5.74, 6) is 0.234. The molecule has 0 unspecified atom stereocenters. The summed E-state index contributed by atoms with van der Waals surface area (Å²) in [6.45, 7) is 1.16. The maximum Gasteiger partial charge on any atom is 0.234 e. The van der Waals surface area contributed by atoms with Crippen molar-refractivity contribution in [2.75, 3.05) is 20.1 Å². The van der Waals surface area contributed by atoms with Gasteiger partial charge >= 0.3 is 0 Å². The molecule has 1 aliphatic rings. The van der Waals surface area contributed by atoms with E-state index in [1.165, 1.54) is 0 Å². The second-order valence-electron chi connectivity index (χ2n) is 5.61. The molecular formula is C16H21BrN2O2. The molecular weight excluding hydrogens is 332 g/mol. The van der Waals surface area contributed by atoms with Gasteiger partial charge in [-0.25, -0.2) is 0 Å². The lowest BCUT2D eigenvalue weighted by atomic mass is 10.1. The fourth-order valence-electron chi connectivity index (χ4n) is 2.11. The number of rotatable bonds is 8. The Hall–Kier alpha value is -1.20. The predicted octanol–water partition coefficient (Wildman–Crippen LogP) is 2.62. The second-order valence-corrected chi connectivity index (χ2v) is 6.53. The van der Waals surface area contributed by atoms with Crippen molar-refractivity contribution in [1.82, 2.24) is 10.2 Å². The summed E-state index contributed by atoms with van der Waals surface area (Å²) in [6.07, 6.45) is 3.49. The monoisotopic (exact) mass is 352 g/mol. The lowest BCUT2D eigenvalue weighted by Crippen LogP contribution is -2.36. The van der Waals surface area contributed by atoms with Crippen molar-refractivity contribution in [2.45, 2.75) is 31.7 Å². The average molecular weight is 353 g/mol. The van der Waals surface area contributed by atoms with Crippen molar-refractivity contribution >= 4 is 27.6 Å². The molecule has 1 saturated carbocycles. The van der Waals surface area contributed by atoms with Crippen LogP contribution in [0.5, 0.6) is 0 Å². The lowest BCUT2D eigenvalue weighted by molar-refractivity contribution is -0.122. The zero-order valence-corrected chi connectivity index (χ0v) is 13.9. The van der Waals surface area contributed by atoms with Crippen LogP contribution in [0.15, 0.2) is 28.7 Å². The third kappa shape index (κ3) is 5.98. The molecule has 0 heterocycles. The number of carbonyl (C=O) groups is 2. The molecule has 2 rings (SSSR count). The molecule has 1 amide bonds. The van der Waals surface area contributed by atoms with E-state index in [0.717, 1.165) is 35.8 Å². The summed E-state index contributed by atoms with van der Waals surface area (Å²) in [4.78, 5) is 25.6. The molecule has 0 saturated heterocycles. The normalized spacial score (nSPS) is 14.2. The highest BCUT2D eigenvalue weighted by Crippen LogP contribution is 2.18. The first-order chi connectivity index (χ1) is 10.0. The molecule has 21 heavy (non-hydrogen) atoms. The molecule has 1 N–H and O–H groups in total. The van der Waals surface area contributed by atoms with Gasteiger partial charge in [0, 0.05) is 22.5 Å². The standard InChI is InChI=1S/C16H21BrN2O2/c1-19(11-16(21)18-14-8-9-14)10-2-3-15(20)12-4-6-13(17)7-5-12/h4-7,14H,2-3,8-11H2,1H3,(H,18,21). The minimum Gasteiger partial charge on any atom is -0.352 e. The first kappa shape index (κ1) is 16.2. The minimum absolute atomic E-state index is 0.0826. The maximum absolute atomic E-state index is 12.0. The quantitative estimate of drug-likeness (QED) is 0.731. The zero-order valence-electron chi connectivity index (χ0n) is 12.3. The molecule has 4 nitrogen and oxygen atoms in total. The van der Waals surface area contributed by atoms with Crippen LogP contribution in [0.25, 0.3) is 0 Å². The molecule has 0 atom stereocenters. The van der Waals surface area contributed by atoms with E-state index in [4.69, 9.17) is 0 Å². The van der Waals surface area contributed by atoms with Crippen LogP contribution >= 0.6 is 15.9 Å². The number of Topliss-reactive ketones (excluding diaryl/α,β-unsaturated/α-hetero) is 1. The van der Waals surface area contributed by atoms with Crippen molar-refractivity contribution in [3.05, 3.63) is 34.3 Å². The van der Waals surface area contributed by atoms with Crippen LogP contribution in [0.4, 0.5) is 0 Å². The van der Waals surface area contributed by atoms with E-state index >= 15 is 0 Å². The highest BCUT2D eigenvalue weighted by Gasteiger charge is 2.23. The van der Waals surface area contributed by atoms with Crippen LogP contribution in [0.1, 0.15) is 36.0 Å². The third-order valence-electron chi connectivity index (χ3n) is 3.47. The Labute approximate surface area is 134 Å². The number of benzene rings is 1. The molecule has 5 heteroatoms. The molecule has 0 aliphatic heterocycles. The average Bonchev–Trinajstić information content (AvgIpc) is 3.23. The van der Waals surface area contributed by atoms with Gasteiger partial charge in [0.05, 0.1) is 6.54 Å². The zero-order chi connectivity index (χ0) is 15.2. The van der Waals surface area contributed by atoms with Gasteiger partial charge in [0.15, 0.2) is 5.78 Å². The lowest BCUT2D eigenvalue weighted by Gasteiger charge is -2.15. The fraction of sp³-hybridized carbons (Fsp3) is 0.500. The number of likely N-dealkylation sites (N-methyl/N-ethyl adjacent to an activating group) is 1. The summed E-state index contributed by atoms with van der Waals surface area (Å²) in [7, 11) is 1.91. The number of halogens is 1.